The van der Waals surface area contributed by atoms with E-state index in [9.17, 15) is 4.79 Å². The molecular weight excluding hydrogens is 312 g/mol. The van der Waals surface area contributed by atoms with Gasteiger partial charge in [-0.2, -0.15) is 5.10 Å². The fourth-order valence-corrected chi connectivity index (χ4v) is 3.33. The predicted octanol–water partition coefficient (Wildman–Crippen LogP) is 3.34. The summed E-state index contributed by atoms with van der Waals surface area (Å²) in [5.41, 5.74) is 3.07. The molecular formula is C17H15ClN4O. The van der Waals surface area contributed by atoms with Gasteiger partial charge in [0.1, 0.15) is 0 Å². The Balaban J connectivity index is 1.83. The SMILES string of the molecule is Cn1cc2c(n1)NC(=O)CC2c1cccn1-c1cccc(Cl)c1. The van der Waals surface area contributed by atoms with Gasteiger partial charge in [0.05, 0.1) is 0 Å². The van der Waals surface area contributed by atoms with Gasteiger partial charge in [0.2, 0.25) is 5.91 Å². The molecule has 1 aliphatic heterocycles. The normalized spacial score (nSPS) is 17.0. The number of nitrogens with one attached hydrogen (secondary N) is 1. The fraction of sp³-hybridized carbons (Fsp3) is 0.176. The third-order valence-corrected chi connectivity index (χ3v) is 4.34. The van der Waals surface area contributed by atoms with Crippen LogP contribution in [0.25, 0.3) is 5.69 Å². The monoisotopic (exact) mass is 326 g/mol. The summed E-state index contributed by atoms with van der Waals surface area (Å²) < 4.78 is 3.81. The second kappa shape index (κ2) is 5.28. The minimum Gasteiger partial charge on any atom is -0.320 e. The van der Waals surface area contributed by atoms with E-state index in [1.165, 1.54) is 0 Å². The van der Waals surface area contributed by atoms with Gasteiger partial charge in [-0.05, 0) is 30.3 Å². The maximum absolute atomic E-state index is 12.1. The predicted molar refractivity (Wildman–Crippen MR) is 89.1 cm³/mol. The first-order valence-electron chi connectivity index (χ1n) is 7.38. The molecule has 1 unspecified atom stereocenters. The van der Waals surface area contributed by atoms with Crippen LogP contribution in [0.4, 0.5) is 5.82 Å². The summed E-state index contributed by atoms with van der Waals surface area (Å²) in [6.45, 7) is 0. The number of nitrogens with zero attached hydrogens (tertiary/aromatic N) is 3. The van der Waals surface area contributed by atoms with Crippen molar-refractivity contribution in [3.05, 3.63) is 65.1 Å². The Bertz CT molecular complexity index is 896. The maximum Gasteiger partial charge on any atom is 0.226 e. The van der Waals surface area contributed by atoms with Crippen molar-refractivity contribution in [1.82, 2.24) is 14.3 Å². The van der Waals surface area contributed by atoms with E-state index in [0.29, 0.717) is 17.3 Å². The molecule has 1 atom stereocenters. The molecule has 4 rings (SSSR count). The van der Waals surface area contributed by atoms with Crippen molar-refractivity contribution in [2.24, 2.45) is 7.05 Å². The average Bonchev–Trinajstić information content (AvgIpc) is 3.12. The van der Waals surface area contributed by atoms with Gasteiger partial charge in [-0.1, -0.05) is 17.7 Å². The zero-order chi connectivity index (χ0) is 16.0. The average molecular weight is 327 g/mol. The molecule has 0 fully saturated rings. The highest BCUT2D eigenvalue weighted by Crippen LogP contribution is 2.37. The van der Waals surface area contributed by atoms with Crippen molar-refractivity contribution < 1.29 is 4.79 Å². The van der Waals surface area contributed by atoms with Gasteiger partial charge < -0.3 is 9.88 Å². The van der Waals surface area contributed by atoms with Gasteiger partial charge in [0.15, 0.2) is 5.82 Å². The Morgan fingerprint density at radius 3 is 3.00 bits per heavy atom. The Morgan fingerprint density at radius 1 is 1.30 bits per heavy atom. The summed E-state index contributed by atoms with van der Waals surface area (Å²) >= 11 is 6.12. The number of anilines is 1. The molecule has 2 aromatic heterocycles. The molecule has 3 heterocycles. The van der Waals surface area contributed by atoms with Crippen molar-refractivity contribution in [3.8, 4) is 5.69 Å². The lowest BCUT2D eigenvalue weighted by Crippen LogP contribution is -2.24. The number of hydrogen-bond donors (Lipinski definition) is 1. The zero-order valence-corrected chi connectivity index (χ0v) is 13.3. The number of amides is 1. The van der Waals surface area contributed by atoms with Gasteiger partial charge >= 0.3 is 0 Å². The van der Waals surface area contributed by atoms with E-state index in [2.05, 4.69) is 15.0 Å². The van der Waals surface area contributed by atoms with Gasteiger partial charge in [0.25, 0.3) is 0 Å². The lowest BCUT2D eigenvalue weighted by Gasteiger charge is -2.23. The van der Waals surface area contributed by atoms with Crippen LogP contribution in [0.5, 0.6) is 0 Å². The van der Waals surface area contributed by atoms with Crippen LogP contribution in [-0.4, -0.2) is 20.3 Å². The number of aromatic nitrogens is 3. The van der Waals surface area contributed by atoms with Crippen LogP contribution < -0.4 is 5.32 Å². The van der Waals surface area contributed by atoms with E-state index in [0.717, 1.165) is 16.9 Å². The summed E-state index contributed by atoms with van der Waals surface area (Å²) in [4.78, 5) is 12.1. The number of benzene rings is 1. The Kier molecular flexibility index (Phi) is 3.23. The van der Waals surface area contributed by atoms with Crippen LogP contribution >= 0.6 is 11.6 Å². The van der Waals surface area contributed by atoms with Crippen LogP contribution in [0.3, 0.4) is 0 Å². The molecule has 0 radical (unpaired) electrons. The summed E-state index contributed by atoms with van der Waals surface area (Å²) in [5, 5.41) is 7.86. The quantitative estimate of drug-likeness (QED) is 0.785. The molecule has 0 spiro atoms. The maximum atomic E-state index is 12.1. The second-order valence-electron chi connectivity index (χ2n) is 5.69. The smallest absolute Gasteiger partial charge is 0.226 e. The number of halogens is 1. The number of fused-ring (bicyclic) bond motifs is 1. The minimum atomic E-state index is -0.0265. The molecule has 23 heavy (non-hydrogen) atoms. The van der Waals surface area contributed by atoms with Gasteiger partial charge in [-0.3, -0.25) is 9.48 Å². The first kappa shape index (κ1) is 14.1. The zero-order valence-electron chi connectivity index (χ0n) is 12.5. The molecule has 3 aromatic rings. The van der Waals surface area contributed by atoms with Crippen molar-refractivity contribution in [1.29, 1.82) is 0 Å². The topological polar surface area (TPSA) is 51.9 Å². The first-order chi connectivity index (χ1) is 11.1. The van der Waals surface area contributed by atoms with Gasteiger partial charge in [0, 0.05) is 53.7 Å². The number of aryl methyl sites for hydroxylation is 1. The van der Waals surface area contributed by atoms with Crippen LogP contribution in [0.15, 0.2) is 48.8 Å². The van der Waals surface area contributed by atoms with Crippen LogP contribution in [0.2, 0.25) is 5.02 Å². The Morgan fingerprint density at radius 2 is 2.17 bits per heavy atom. The largest absolute Gasteiger partial charge is 0.320 e. The number of carbonyl (C=O) groups is 1. The molecule has 1 aliphatic rings. The van der Waals surface area contributed by atoms with Gasteiger partial charge in [-0.25, -0.2) is 0 Å². The summed E-state index contributed by atoms with van der Waals surface area (Å²) in [7, 11) is 1.86. The summed E-state index contributed by atoms with van der Waals surface area (Å²) in [5.74, 6) is 0.606. The lowest BCUT2D eigenvalue weighted by molar-refractivity contribution is -0.116. The summed E-state index contributed by atoms with van der Waals surface area (Å²) in [6, 6.07) is 11.7. The first-order valence-corrected chi connectivity index (χ1v) is 7.76. The molecule has 0 aliphatic carbocycles. The van der Waals surface area contributed by atoms with Crippen molar-refractivity contribution in [2.75, 3.05) is 5.32 Å². The highest BCUT2D eigenvalue weighted by atomic mass is 35.5. The number of rotatable bonds is 2. The Hall–Kier alpha value is -2.53. The number of carbonyl (C=O) groups excluding carboxylic acids is 1. The van der Waals surface area contributed by atoms with E-state index >= 15 is 0 Å². The molecule has 0 saturated carbocycles. The summed E-state index contributed by atoms with van der Waals surface area (Å²) in [6.07, 6.45) is 4.36. The van der Waals surface area contributed by atoms with E-state index < -0.39 is 0 Å². The van der Waals surface area contributed by atoms with E-state index in [1.807, 2.05) is 55.8 Å². The molecule has 6 heteroatoms. The molecule has 116 valence electrons. The standard InChI is InChI=1S/C17H15ClN4O/c1-21-10-14-13(9-16(23)19-17(14)20-21)15-6-3-7-22(15)12-5-2-4-11(18)8-12/h2-8,10,13H,9H2,1H3,(H,19,20,23). The van der Waals surface area contributed by atoms with Crippen LogP contribution in [-0.2, 0) is 11.8 Å². The highest BCUT2D eigenvalue weighted by Gasteiger charge is 2.30. The van der Waals surface area contributed by atoms with Crippen molar-refractivity contribution >= 4 is 23.3 Å². The minimum absolute atomic E-state index is 0.0138. The molecule has 5 nitrogen and oxygen atoms in total. The molecule has 1 aromatic carbocycles. The lowest BCUT2D eigenvalue weighted by atomic mass is 9.91. The van der Waals surface area contributed by atoms with E-state index in [4.69, 9.17) is 11.6 Å². The van der Waals surface area contributed by atoms with Crippen LogP contribution in [0, 0.1) is 0 Å². The van der Waals surface area contributed by atoms with Gasteiger partial charge in [-0.15, -0.1) is 0 Å². The third kappa shape index (κ3) is 2.43. The molecule has 0 saturated heterocycles. The van der Waals surface area contributed by atoms with E-state index in [1.54, 1.807) is 4.68 Å². The second-order valence-corrected chi connectivity index (χ2v) is 6.13. The highest BCUT2D eigenvalue weighted by molar-refractivity contribution is 6.30. The molecule has 1 amide bonds. The fourth-order valence-electron chi connectivity index (χ4n) is 3.14. The third-order valence-electron chi connectivity index (χ3n) is 4.10. The Labute approximate surface area is 138 Å². The molecule has 1 N–H and O–H groups in total. The van der Waals surface area contributed by atoms with Crippen molar-refractivity contribution in [3.63, 3.8) is 0 Å². The molecule has 0 bridgehead atoms. The van der Waals surface area contributed by atoms with Crippen molar-refractivity contribution in [2.45, 2.75) is 12.3 Å². The van der Waals surface area contributed by atoms with E-state index in [-0.39, 0.29) is 11.8 Å². The number of hydrogen-bond acceptors (Lipinski definition) is 2. The van der Waals surface area contributed by atoms with Crippen LogP contribution in [0.1, 0.15) is 23.6 Å².